The fraction of sp³-hybridized carbons (Fsp3) is 0.857. The number of carboxylic acid groups (broad SMARTS) is 1. The van der Waals surface area contributed by atoms with Crippen molar-refractivity contribution >= 4 is 12.3 Å². The summed E-state index contributed by atoms with van der Waals surface area (Å²) >= 11 is 0. The average molecular weight is 258 g/mol. The van der Waals surface area contributed by atoms with Crippen LogP contribution in [0.4, 0.5) is 0 Å². The monoisotopic (exact) mass is 258 g/mol. The highest BCUT2D eigenvalue weighted by Crippen LogP contribution is 2.13. The molecule has 0 aromatic carbocycles. The van der Waals surface area contributed by atoms with E-state index >= 15 is 0 Å². The smallest absolute Gasteiger partial charge is 0.303 e. The van der Waals surface area contributed by atoms with Gasteiger partial charge >= 0.3 is 5.97 Å². The van der Waals surface area contributed by atoms with Crippen molar-refractivity contribution in [1.82, 2.24) is 0 Å². The fourth-order valence-corrected chi connectivity index (χ4v) is 1.78. The van der Waals surface area contributed by atoms with Crippen LogP contribution in [-0.2, 0) is 14.3 Å². The Labute approximate surface area is 110 Å². The molecule has 1 unspecified atom stereocenters. The Morgan fingerprint density at radius 1 is 1.22 bits per heavy atom. The van der Waals surface area contributed by atoms with Crippen molar-refractivity contribution in [3.05, 3.63) is 0 Å². The minimum absolute atomic E-state index is 0.159. The van der Waals surface area contributed by atoms with Crippen LogP contribution in [0, 0.1) is 0 Å². The molecule has 0 saturated carbocycles. The van der Waals surface area contributed by atoms with Crippen LogP contribution in [0.5, 0.6) is 0 Å². The molecule has 0 radical (unpaired) electrons. The highest BCUT2D eigenvalue weighted by Gasteiger charge is 2.08. The minimum atomic E-state index is -0.730. The third-order valence-corrected chi connectivity index (χ3v) is 2.87. The largest absolute Gasteiger partial charge is 0.481 e. The first kappa shape index (κ1) is 17.1. The molecule has 0 fully saturated rings. The number of hydrogen-bond acceptors (Lipinski definition) is 3. The number of carbonyl (C=O) groups is 2. The summed E-state index contributed by atoms with van der Waals surface area (Å²) in [6.07, 6.45) is 8.38. The van der Waals surface area contributed by atoms with E-state index in [0.717, 1.165) is 57.8 Å². The van der Waals surface area contributed by atoms with Crippen LogP contribution in [0.2, 0.25) is 0 Å². The lowest BCUT2D eigenvalue weighted by molar-refractivity contribution is -0.137. The standard InChI is InChI=1S/C14H26O4/c1-2-3-12-18-13(9-7-11-15)8-5-4-6-10-14(16)17/h11,13H,2-10,12H2,1H3,(H,16,17). The van der Waals surface area contributed by atoms with Gasteiger partial charge in [0, 0.05) is 19.4 Å². The number of carbonyl (C=O) groups excluding carboxylic acids is 1. The summed E-state index contributed by atoms with van der Waals surface area (Å²) in [6, 6.07) is 0. The first-order chi connectivity index (χ1) is 8.70. The quantitative estimate of drug-likeness (QED) is 0.407. The second-order valence-electron chi connectivity index (χ2n) is 4.58. The van der Waals surface area contributed by atoms with Gasteiger partial charge in [0.1, 0.15) is 6.29 Å². The Hall–Kier alpha value is -0.900. The summed E-state index contributed by atoms with van der Waals surface area (Å²) in [5.41, 5.74) is 0. The number of ether oxygens (including phenoxy) is 1. The van der Waals surface area contributed by atoms with Crippen LogP contribution in [0.15, 0.2) is 0 Å². The van der Waals surface area contributed by atoms with E-state index < -0.39 is 5.97 Å². The number of carboxylic acids is 1. The molecule has 4 nitrogen and oxygen atoms in total. The summed E-state index contributed by atoms with van der Waals surface area (Å²) < 4.78 is 5.74. The summed E-state index contributed by atoms with van der Waals surface area (Å²) in [5, 5.41) is 8.52. The van der Waals surface area contributed by atoms with E-state index in [9.17, 15) is 9.59 Å². The van der Waals surface area contributed by atoms with Gasteiger partial charge in [-0.05, 0) is 25.7 Å². The second kappa shape index (κ2) is 12.6. The van der Waals surface area contributed by atoms with Gasteiger partial charge in [-0.25, -0.2) is 0 Å². The van der Waals surface area contributed by atoms with E-state index in [1.807, 2.05) is 0 Å². The molecule has 1 atom stereocenters. The first-order valence-electron chi connectivity index (χ1n) is 6.97. The molecule has 0 aliphatic rings. The highest BCUT2D eigenvalue weighted by atomic mass is 16.5. The molecule has 0 rings (SSSR count). The molecule has 0 saturated heterocycles. The van der Waals surface area contributed by atoms with Gasteiger partial charge in [0.2, 0.25) is 0 Å². The predicted octanol–water partition coefficient (Wildman–Crippen LogP) is 3.19. The second-order valence-corrected chi connectivity index (χ2v) is 4.58. The molecule has 1 N–H and O–H groups in total. The number of aliphatic carboxylic acids is 1. The van der Waals surface area contributed by atoms with Crippen molar-refractivity contribution in [3.8, 4) is 0 Å². The van der Waals surface area contributed by atoms with Crippen molar-refractivity contribution in [3.63, 3.8) is 0 Å². The van der Waals surface area contributed by atoms with Crippen LogP contribution in [0.3, 0.4) is 0 Å². The van der Waals surface area contributed by atoms with E-state index in [4.69, 9.17) is 9.84 Å². The van der Waals surface area contributed by atoms with Crippen LogP contribution >= 0.6 is 0 Å². The average Bonchev–Trinajstić information content (AvgIpc) is 2.34. The normalized spacial score (nSPS) is 12.3. The highest BCUT2D eigenvalue weighted by molar-refractivity contribution is 5.66. The van der Waals surface area contributed by atoms with Gasteiger partial charge in [0.05, 0.1) is 6.10 Å². The van der Waals surface area contributed by atoms with Gasteiger partial charge in [0.15, 0.2) is 0 Å². The molecule has 0 aliphatic heterocycles. The topological polar surface area (TPSA) is 63.6 Å². The lowest BCUT2D eigenvalue weighted by Crippen LogP contribution is -2.14. The summed E-state index contributed by atoms with van der Waals surface area (Å²) in [7, 11) is 0. The maximum atomic E-state index is 10.4. The molecule has 0 spiro atoms. The Morgan fingerprint density at radius 3 is 2.61 bits per heavy atom. The van der Waals surface area contributed by atoms with Crippen LogP contribution in [0.25, 0.3) is 0 Å². The zero-order valence-electron chi connectivity index (χ0n) is 11.4. The van der Waals surface area contributed by atoms with Gasteiger partial charge < -0.3 is 14.6 Å². The molecular weight excluding hydrogens is 232 g/mol. The summed E-state index contributed by atoms with van der Waals surface area (Å²) in [4.78, 5) is 20.7. The fourth-order valence-electron chi connectivity index (χ4n) is 1.78. The molecule has 18 heavy (non-hydrogen) atoms. The van der Waals surface area contributed by atoms with Crippen molar-refractivity contribution < 1.29 is 19.4 Å². The number of aldehydes is 1. The molecule has 106 valence electrons. The van der Waals surface area contributed by atoms with Crippen molar-refractivity contribution in [2.24, 2.45) is 0 Å². The van der Waals surface area contributed by atoms with Gasteiger partial charge in [0.25, 0.3) is 0 Å². The van der Waals surface area contributed by atoms with Gasteiger partial charge in [-0.1, -0.05) is 26.2 Å². The van der Waals surface area contributed by atoms with Gasteiger partial charge in [-0.2, -0.15) is 0 Å². The maximum absolute atomic E-state index is 10.4. The third-order valence-electron chi connectivity index (χ3n) is 2.87. The number of unbranched alkanes of at least 4 members (excludes halogenated alkanes) is 3. The number of rotatable bonds is 13. The molecule has 0 aliphatic carbocycles. The van der Waals surface area contributed by atoms with E-state index in [1.54, 1.807) is 0 Å². The van der Waals surface area contributed by atoms with Gasteiger partial charge in [-0.3, -0.25) is 4.79 Å². The lowest BCUT2D eigenvalue weighted by atomic mass is 10.1. The Morgan fingerprint density at radius 2 is 2.00 bits per heavy atom. The Bertz CT molecular complexity index is 216. The number of hydrogen-bond donors (Lipinski definition) is 1. The molecule has 0 bridgehead atoms. The van der Waals surface area contributed by atoms with E-state index in [-0.39, 0.29) is 12.5 Å². The molecule has 0 aromatic rings. The van der Waals surface area contributed by atoms with Crippen LogP contribution in [0.1, 0.15) is 64.7 Å². The SMILES string of the molecule is CCCCOC(CCC=O)CCCCCC(=O)O. The van der Waals surface area contributed by atoms with Crippen molar-refractivity contribution in [2.45, 2.75) is 70.8 Å². The summed E-state index contributed by atoms with van der Waals surface area (Å²) in [5.74, 6) is -0.730. The van der Waals surface area contributed by atoms with E-state index in [2.05, 4.69) is 6.92 Å². The Kier molecular flexibility index (Phi) is 11.9. The molecule has 0 amide bonds. The molecule has 0 heterocycles. The molecule has 0 aromatic heterocycles. The van der Waals surface area contributed by atoms with E-state index in [1.165, 1.54) is 0 Å². The summed E-state index contributed by atoms with van der Waals surface area (Å²) in [6.45, 7) is 2.88. The lowest BCUT2D eigenvalue weighted by Gasteiger charge is -2.16. The zero-order valence-corrected chi connectivity index (χ0v) is 11.4. The van der Waals surface area contributed by atoms with Crippen LogP contribution < -0.4 is 0 Å². The molecular formula is C14H26O4. The maximum Gasteiger partial charge on any atom is 0.303 e. The van der Waals surface area contributed by atoms with Gasteiger partial charge in [-0.15, -0.1) is 0 Å². The van der Waals surface area contributed by atoms with Crippen LogP contribution in [-0.4, -0.2) is 30.1 Å². The minimum Gasteiger partial charge on any atom is -0.481 e. The van der Waals surface area contributed by atoms with Crippen molar-refractivity contribution in [2.75, 3.05) is 6.61 Å². The first-order valence-corrected chi connectivity index (χ1v) is 6.97. The van der Waals surface area contributed by atoms with E-state index in [0.29, 0.717) is 6.42 Å². The predicted molar refractivity (Wildman–Crippen MR) is 70.7 cm³/mol. The zero-order chi connectivity index (χ0) is 13.6. The third kappa shape index (κ3) is 11.6. The molecule has 4 heteroatoms. The Balaban J connectivity index is 3.63. The van der Waals surface area contributed by atoms with Crippen molar-refractivity contribution in [1.29, 1.82) is 0 Å².